The predicted molar refractivity (Wildman–Crippen MR) is 117 cm³/mol. The van der Waals surface area contributed by atoms with Crippen molar-refractivity contribution in [3.63, 3.8) is 0 Å². The van der Waals surface area contributed by atoms with E-state index in [9.17, 15) is 5.11 Å². The number of aliphatic hydroxyl groups is 1. The van der Waals surface area contributed by atoms with Gasteiger partial charge in [-0.1, -0.05) is 54.5 Å². The van der Waals surface area contributed by atoms with Gasteiger partial charge in [-0.3, -0.25) is 0 Å². The van der Waals surface area contributed by atoms with E-state index >= 15 is 0 Å². The highest BCUT2D eigenvalue weighted by atomic mass is 16.5. The van der Waals surface area contributed by atoms with E-state index in [2.05, 4.69) is 62.3 Å². The summed E-state index contributed by atoms with van der Waals surface area (Å²) in [7, 11) is 5.87. The summed E-state index contributed by atoms with van der Waals surface area (Å²) in [6.45, 7) is 2.95. The van der Waals surface area contributed by atoms with E-state index in [0.717, 1.165) is 54.7 Å². The van der Waals surface area contributed by atoms with Crippen molar-refractivity contribution in [2.45, 2.75) is 38.2 Å². The van der Waals surface area contributed by atoms with Crippen LogP contribution in [0.2, 0.25) is 0 Å². The first kappa shape index (κ1) is 20.6. The Kier molecular flexibility index (Phi) is 6.58. The van der Waals surface area contributed by atoms with Crippen LogP contribution in [0.1, 0.15) is 42.4 Å². The number of hydrogen-bond donors (Lipinski definition) is 1. The molecule has 0 bridgehead atoms. The molecule has 3 heteroatoms. The first-order valence-electron chi connectivity index (χ1n) is 10.2. The molecule has 3 rings (SSSR count). The highest BCUT2D eigenvalue weighted by Crippen LogP contribution is 2.45. The van der Waals surface area contributed by atoms with Crippen molar-refractivity contribution >= 4 is 6.08 Å². The molecule has 2 unspecified atom stereocenters. The number of ether oxygens (including phenoxy) is 1. The second-order valence-electron chi connectivity index (χ2n) is 8.28. The molecule has 2 aromatic rings. The Balaban J connectivity index is 2.12. The predicted octanol–water partition coefficient (Wildman–Crippen LogP) is 5.03. The third-order valence-corrected chi connectivity index (χ3v) is 5.84. The van der Waals surface area contributed by atoms with Gasteiger partial charge in [0.15, 0.2) is 0 Å². The summed E-state index contributed by atoms with van der Waals surface area (Å²) in [6, 6.07) is 16.5. The quantitative estimate of drug-likeness (QED) is 0.740. The molecule has 0 amide bonds. The zero-order valence-corrected chi connectivity index (χ0v) is 17.6. The lowest BCUT2D eigenvalue weighted by Gasteiger charge is -2.39. The largest absolute Gasteiger partial charge is 0.497 e. The molecule has 28 heavy (non-hydrogen) atoms. The minimum Gasteiger partial charge on any atom is -0.497 e. The van der Waals surface area contributed by atoms with Gasteiger partial charge < -0.3 is 14.7 Å². The third-order valence-electron chi connectivity index (χ3n) is 5.84. The molecule has 0 radical (unpaired) electrons. The molecule has 150 valence electrons. The Bertz CT molecular complexity index is 810. The van der Waals surface area contributed by atoms with Gasteiger partial charge in [0.25, 0.3) is 0 Å². The van der Waals surface area contributed by atoms with Gasteiger partial charge in [-0.25, -0.2) is 0 Å². The smallest absolute Gasteiger partial charge is 0.119 e. The van der Waals surface area contributed by atoms with Gasteiger partial charge in [0.1, 0.15) is 11.4 Å². The first-order valence-corrected chi connectivity index (χ1v) is 10.2. The molecule has 1 saturated carbocycles. The summed E-state index contributed by atoms with van der Waals surface area (Å²) in [5.74, 6) is 0.997. The van der Waals surface area contributed by atoms with E-state index in [1.165, 1.54) is 5.56 Å². The summed E-state index contributed by atoms with van der Waals surface area (Å²) in [5.41, 5.74) is 3.43. The highest BCUT2D eigenvalue weighted by molar-refractivity contribution is 5.58. The SMILES string of the molecule is COc1cccc(C=C2CCCCC(CN(C)C)C2(O)c2ccc(C)cc2)c1. The second kappa shape index (κ2) is 8.93. The maximum atomic E-state index is 12.2. The fourth-order valence-corrected chi connectivity index (χ4v) is 4.38. The molecular weight excluding hydrogens is 346 g/mol. The maximum Gasteiger partial charge on any atom is 0.119 e. The Hall–Kier alpha value is -2.10. The molecule has 0 aliphatic heterocycles. The Morgan fingerprint density at radius 3 is 2.57 bits per heavy atom. The number of nitrogens with zero attached hydrogens (tertiary/aromatic N) is 1. The van der Waals surface area contributed by atoms with E-state index < -0.39 is 5.60 Å². The van der Waals surface area contributed by atoms with Crippen molar-refractivity contribution in [2.75, 3.05) is 27.7 Å². The minimum absolute atomic E-state index is 0.157. The lowest BCUT2D eigenvalue weighted by atomic mass is 9.74. The third kappa shape index (κ3) is 4.48. The maximum absolute atomic E-state index is 12.2. The molecular formula is C25H33NO2. The van der Waals surface area contributed by atoms with Crippen LogP contribution >= 0.6 is 0 Å². The van der Waals surface area contributed by atoms with E-state index in [4.69, 9.17) is 4.74 Å². The van der Waals surface area contributed by atoms with Crippen molar-refractivity contribution in [1.82, 2.24) is 4.90 Å². The topological polar surface area (TPSA) is 32.7 Å². The van der Waals surface area contributed by atoms with Gasteiger partial charge in [0, 0.05) is 12.5 Å². The molecule has 0 heterocycles. The van der Waals surface area contributed by atoms with Crippen molar-refractivity contribution in [1.29, 1.82) is 0 Å². The van der Waals surface area contributed by atoms with Crippen LogP contribution in [0.15, 0.2) is 54.1 Å². The van der Waals surface area contributed by atoms with E-state index in [0.29, 0.717) is 0 Å². The fourth-order valence-electron chi connectivity index (χ4n) is 4.38. The van der Waals surface area contributed by atoms with Crippen LogP contribution in [-0.2, 0) is 5.60 Å². The molecule has 1 fully saturated rings. The lowest BCUT2D eigenvalue weighted by molar-refractivity contribution is 0.000479. The van der Waals surface area contributed by atoms with Crippen LogP contribution in [0.5, 0.6) is 5.75 Å². The fraction of sp³-hybridized carbons (Fsp3) is 0.440. The monoisotopic (exact) mass is 379 g/mol. The van der Waals surface area contributed by atoms with Gasteiger partial charge >= 0.3 is 0 Å². The summed E-state index contributed by atoms with van der Waals surface area (Å²) in [5, 5.41) is 12.2. The summed E-state index contributed by atoms with van der Waals surface area (Å²) < 4.78 is 5.39. The number of aryl methyl sites for hydroxylation is 1. The van der Waals surface area contributed by atoms with Crippen molar-refractivity contribution in [2.24, 2.45) is 5.92 Å². The van der Waals surface area contributed by atoms with Crippen molar-refractivity contribution in [3.05, 3.63) is 70.8 Å². The highest BCUT2D eigenvalue weighted by Gasteiger charge is 2.42. The molecule has 1 aliphatic rings. The zero-order chi connectivity index (χ0) is 20.1. The van der Waals surface area contributed by atoms with Gasteiger partial charge in [-0.15, -0.1) is 0 Å². The normalized spacial score (nSPS) is 24.4. The van der Waals surface area contributed by atoms with Crippen LogP contribution in [0, 0.1) is 12.8 Å². The summed E-state index contributed by atoms with van der Waals surface area (Å²) >= 11 is 0. The van der Waals surface area contributed by atoms with E-state index in [1.54, 1.807) is 7.11 Å². The first-order chi connectivity index (χ1) is 13.4. The average Bonchev–Trinajstić information content (AvgIpc) is 2.83. The van der Waals surface area contributed by atoms with E-state index in [1.807, 2.05) is 18.2 Å². The molecule has 1 aliphatic carbocycles. The van der Waals surface area contributed by atoms with Crippen LogP contribution in [0.3, 0.4) is 0 Å². The zero-order valence-electron chi connectivity index (χ0n) is 17.6. The lowest BCUT2D eigenvalue weighted by Crippen LogP contribution is -2.41. The Morgan fingerprint density at radius 1 is 1.14 bits per heavy atom. The molecule has 1 N–H and O–H groups in total. The molecule has 0 saturated heterocycles. The number of benzene rings is 2. The summed E-state index contributed by atoms with van der Waals surface area (Å²) in [6.07, 6.45) is 6.36. The molecule has 3 nitrogen and oxygen atoms in total. The van der Waals surface area contributed by atoms with Gasteiger partial charge in [-0.2, -0.15) is 0 Å². The standard InChI is InChI=1S/C25H33NO2/c1-19-12-14-21(15-13-19)25(27)22(9-5-6-10-23(25)18-26(2)3)16-20-8-7-11-24(17-20)28-4/h7-8,11-17,23,27H,5-6,9-10,18H2,1-4H3. The minimum atomic E-state index is -0.961. The van der Waals surface area contributed by atoms with Crippen molar-refractivity contribution in [3.8, 4) is 5.75 Å². The van der Waals surface area contributed by atoms with Gasteiger partial charge in [0.05, 0.1) is 7.11 Å². The number of methoxy groups -OCH3 is 1. The number of hydrogen-bond acceptors (Lipinski definition) is 3. The van der Waals surface area contributed by atoms with Crippen LogP contribution in [0.4, 0.5) is 0 Å². The van der Waals surface area contributed by atoms with Gasteiger partial charge in [0.2, 0.25) is 0 Å². The molecule has 2 aromatic carbocycles. The van der Waals surface area contributed by atoms with Crippen LogP contribution in [0.25, 0.3) is 6.08 Å². The Labute approximate surface area is 169 Å². The van der Waals surface area contributed by atoms with Crippen LogP contribution < -0.4 is 4.74 Å². The van der Waals surface area contributed by atoms with Crippen LogP contribution in [-0.4, -0.2) is 37.8 Å². The average molecular weight is 380 g/mol. The van der Waals surface area contributed by atoms with Gasteiger partial charge in [-0.05, 0) is 69.1 Å². The molecule has 0 spiro atoms. The van der Waals surface area contributed by atoms with E-state index in [-0.39, 0.29) is 5.92 Å². The molecule has 0 aromatic heterocycles. The Morgan fingerprint density at radius 2 is 1.89 bits per heavy atom. The number of rotatable bonds is 5. The second-order valence-corrected chi connectivity index (χ2v) is 8.28. The summed E-state index contributed by atoms with van der Waals surface area (Å²) in [4.78, 5) is 2.19. The van der Waals surface area contributed by atoms with Crippen molar-refractivity contribution < 1.29 is 9.84 Å². The molecule has 2 atom stereocenters.